The molecule has 0 aliphatic rings. The summed E-state index contributed by atoms with van der Waals surface area (Å²) in [5, 5.41) is 7.25. The van der Waals surface area contributed by atoms with Crippen LogP contribution in [-0.2, 0) is 6.54 Å². The first-order chi connectivity index (χ1) is 9.08. The van der Waals surface area contributed by atoms with Crippen LogP contribution in [0.2, 0.25) is 0 Å². The van der Waals surface area contributed by atoms with E-state index in [2.05, 4.69) is 26.3 Å². The van der Waals surface area contributed by atoms with Crippen LogP contribution in [0.15, 0.2) is 28.9 Å². The second-order valence-corrected chi connectivity index (χ2v) is 4.94. The molecule has 6 heteroatoms. The molecule has 0 amide bonds. The quantitative estimate of drug-likeness (QED) is 0.933. The van der Waals surface area contributed by atoms with Crippen molar-refractivity contribution in [1.82, 2.24) is 15.1 Å². The fourth-order valence-electron chi connectivity index (χ4n) is 2.09. The van der Waals surface area contributed by atoms with E-state index < -0.39 is 17.7 Å². The molecule has 19 heavy (non-hydrogen) atoms. The molecule has 0 aliphatic carbocycles. The van der Waals surface area contributed by atoms with Gasteiger partial charge in [-0.05, 0) is 36.0 Å². The van der Waals surface area contributed by atoms with Gasteiger partial charge in [-0.3, -0.25) is 4.68 Å². The lowest BCUT2D eigenvalue weighted by atomic mass is 10.0. The fraction of sp³-hybridized carbons (Fsp3) is 0.308. The number of aromatic nitrogens is 2. The molecule has 0 fully saturated rings. The fourth-order valence-corrected chi connectivity index (χ4v) is 2.61. The lowest BCUT2D eigenvalue weighted by Crippen LogP contribution is -2.23. The van der Waals surface area contributed by atoms with Gasteiger partial charge < -0.3 is 5.32 Å². The molecule has 0 saturated carbocycles. The Morgan fingerprint density at radius 2 is 2.16 bits per heavy atom. The highest BCUT2D eigenvalue weighted by molar-refractivity contribution is 9.10. The number of benzene rings is 1. The Labute approximate surface area is 118 Å². The Morgan fingerprint density at radius 3 is 2.74 bits per heavy atom. The van der Waals surface area contributed by atoms with E-state index in [1.165, 1.54) is 12.1 Å². The van der Waals surface area contributed by atoms with Crippen LogP contribution in [0.3, 0.4) is 0 Å². The molecule has 2 rings (SSSR count). The van der Waals surface area contributed by atoms with Gasteiger partial charge in [0.1, 0.15) is 11.6 Å². The maximum Gasteiger partial charge on any atom is 0.131 e. The minimum atomic E-state index is -0.584. The standard InChI is InChI=1S/C13H14BrF2N3/c1-3-19-13(10(14)7-18-19)12(17-2)9-5-4-8(15)6-11(9)16/h4-7,12,17H,3H2,1-2H3. The predicted molar refractivity (Wildman–Crippen MR) is 72.9 cm³/mol. The van der Waals surface area contributed by atoms with Crippen LogP contribution >= 0.6 is 15.9 Å². The van der Waals surface area contributed by atoms with Crippen molar-refractivity contribution in [2.45, 2.75) is 19.5 Å². The zero-order valence-corrected chi connectivity index (χ0v) is 12.2. The minimum Gasteiger partial charge on any atom is -0.308 e. The van der Waals surface area contributed by atoms with Crippen molar-refractivity contribution >= 4 is 15.9 Å². The molecule has 1 atom stereocenters. The van der Waals surface area contributed by atoms with E-state index in [0.717, 1.165) is 16.2 Å². The molecule has 3 nitrogen and oxygen atoms in total. The van der Waals surface area contributed by atoms with Gasteiger partial charge in [0.15, 0.2) is 0 Å². The van der Waals surface area contributed by atoms with E-state index >= 15 is 0 Å². The van der Waals surface area contributed by atoms with Crippen molar-refractivity contribution in [2.75, 3.05) is 7.05 Å². The second-order valence-electron chi connectivity index (χ2n) is 4.08. The van der Waals surface area contributed by atoms with Gasteiger partial charge in [-0.15, -0.1) is 0 Å². The Kier molecular flexibility index (Phi) is 4.31. The maximum absolute atomic E-state index is 13.9. The van der Waals surface area contributed by atoms with Gasteiger partial charge in [0.2, 0.25) is 0 Å². The third-order valence-corrected chi connectivity index (χ3v) is 3.58. The molecule has 0 saturated heterocycles. The molecular weight excluding hydrogens is 316 g/mol. The summed E-state index contributed by atoms with van der Waals surface area (Å²) in [6, 6.07) is 3.20. The average molecular weight is 330 g/mol. The number of hydrogen-bond acceptors (Lipinski definition) is 2. The van der Waals surface area contributed by atoms with Crippen LogP contribution in [0.4, 0.5) is 8.78 Å². The van der Waals surface area contributed by atoms with Crippen molar-refractivity contribution < 1.29 is 8.78 Å². The molecule has 1 heterocycles. The summed E-state index contributed by atoms with van der Waals surface area (Å²) in [5.74, 6) is -1.16. The molecular formula is C13H14BrF2N3. The van der Waals surface area contributed by atoms with E-state index in [4.69, 9.17) is 0 Å². The third-order valence-electron chi connectivity index (χ3n) is 2.97. The number of rotatable bonds is 4. The summed E-state index contributed by atoms with van der Waals surface area (Å²) in [6.45, 7) is 2.62. The highest BCUT2D eigenvalue weighted by atomic mass is 79.9. The smallest absolute Gasteiger partial charge is 0.131 e. The molecule has 0 bridgehead atoms. The molecule has 1 N–H and O–H groups in total. The number of hydrogen-bond donors (Lipinski definition) is 1. The van der Waals surface area contributed by atoms with E-state index in [9.17, 15) is 8.78 Å². The Morgan fingerprint density at radius 1 is 1.42 bits per heavy atom. The molecule has 1 unspecified atom stereocenters. The van der Waals surface area contributed by atoms with Crippen molar-refractivity contribution in [3.05, 3.63) is 51.8 Å². The van der Waals surface area contributed by atoms with Gasteiger partial charge in [0, 0.05) is 18.2 Å². The van der Waals surface area contributed by atoms with Gasteiger partial charge in [0.05, 0.1) is 22.4 Å². The van der Waals surface area contributed by atoms with Crippen molar-refractivity contribution in [3.63, 3.8) is 0 Å². The van der Waals surface area contributed by atoms with Crippen LogP contribution in [0.25, 0.3) is 0 Å². The topological polar surface area (TPSA) is 29.9 Å². The van der Waals surface area contributed by atoms with Crippen molar-refractivity contribution in [3.8, 4) is 0 Å². The number of nitrogens with one attached hydrogen (secondary N) is 1. The summed E-state index contributed by atoms with van der Waals surface area (Å²) < 4.78 is 29.5. The van der Waals surface area contributed by atoms with Crippen LogP contribution in [0.1, 0.15) is 24.2 Å². The molecule has 0 aliphatic heterocycles. The first-order valence-electron chi connectivity index (χ1n) is 5.91. The maximum atomic E-state index is 13.9. The molecule has 2 aromatic rings. The van der Waals surface area contributed by atoms with Crippen molar-refractivity contribution in [2.24, 2.45) is 0 Å². The SMILES string of the molecule is CCn1ncc(Br)c1C(NC)c1ccc(F)cc1F. The summed E-state index contributed by atoms with van der Waals surface area (Å²) in [6.07, 6.45) is 1.67. The lowest BCUT2D eigenvalue weighted by molar-refractivity contribution is 0.522. The van der Waals surface area contributed by atoms with E-state index in [-0.39, 0.29) is 0 Å². The summed E-state index contributed by atoms with van der Waals surface area (Å²) in [5.41, 5.74) is 1.20. The van der Waals surface area contributed by atoms with Crippen LogP contribution in [0, 0.1) is 11.6 Å². The molecule has 1 aromatic heterocycles. The summed E-state index contributed by atoms with van der Waals surface area (Å²) in [4.78, 5) is 0. The lowest BCUT2D eigenvalue weighted by Gasteiger charge is -2.19. The zero-order valence-electron chi connectivity index (χ0n) is 10.6. The average Bonchev–Trinajstić information content (AvgIpc) is 2.74. The monoisotopic (exact) mass is 329 g/mol. The van der Waals surface area contributed by atoms with Crippen LogP contribution in [-0.4, -0.2) is 16.8 Å². The van der Waals surface area contributed by atoms with Gasteiger partial charge in [-0.2, -0.15) is 5.10 Å². The molecule has 102 valence electrons. The Bertz CT molecular complexity index is 583. The van der Waals surface area contributed by atoms with E-state index in [0.29, 0.717) is 12.1 Å². The summed E-state index contributed by atoms with van der Waals surface area (Å²) in [7, 11) is 1.73. The first-order valence-corrected chi connectivity index (χ1v) is 6.71. The van der Waals surface area contributed by atoms with Crippen molar-refractivity contribution in [1.29, 1.82) is 0 Å². The van der Waals surface area contributed by atoms with Gasteiger partial charge in [-0.1, -0.05) is 6.07 Å². The minimum absolute atomic E-state index is 0.389. The largest absolute Gasteiger partial charge is 0.308 e. The third kappa shape index (κ3) is 2.69. The normalized spacial score (nSPS) is 12.7. The van der Waals surface area contributed by atoms with E-state index in [1.54, 1.807) is 17.9 Å². The van der Waals surface area contributed by atoms with Crippen LogP contribution < -0.4 is 5.32 Å². The van der Waals surface area contributed by atoms with Gasteiger partial charge in [0.25, 0.3) is 0 Å². The predicted octanol–water partition coefficient (Wildman–Crippen LogP) is 3.25. The Hall–Kier alpha value is -1.27. The highest BCUT2D eigenvalue weighted by Gasteiger charge is 2.22. The number of aryl methyl sites for hydroxylation is 1. The molecule has 0 spiro atoms. The Balaban J connectivity index is 2.52. The number of halogens is 3. The first kappa shape index (κ1) is 14.1. The van der Waals surface area contributed by atoms with E-state index in [1.807, 2.05) is 6.92 Å². The molecule has 1 aromatic carbocycles. The highest BCUT2D eigenvalue weighted by Crippen LogP contribution is 2.30. The second kappa shape index (κ2) is 5.79. The van der Waals surface area contributed by atoms with Crippen LogP contribution in [0.5, 0.6) is 0 Å². The van der Waals surface area contributed by atoms with Gasteiger partial charge >= 0.3 is 0 Å². The number of nitrogens with zero attached hydrogens (tertiary/aromatic N) is 2. The zero-order chi connectivity index (χ0) is 14.0. The van der Waals surface area contributed by atoms with Gasteiger partial charge in [-0.25, -0.2) is 8.78 Å². The molecule has 0 radical (unpaired) electrons. The summed E-state index contributed by atoms with van der Waals surface area (Å²) >= 11 is 3.42.